The number of benzene rings is 1. The van der Waals surface area contributed by atoms with Gasteiger partial charge in [0, 0.05) is 45.3 Å². The van der Waals surface area contributed by atoms with E-state index in [1.165, 1.54) is 19.1 Å². The van der Waals surface area contributed by atoms with Crippen LogP contribution < -0.4 is 10.1 Å². The van der Waals surface area contributed by atoms with Gasteiger partial charge in [-0.05, 0) is 37.0 Å². The molecule has 1 saturated heterocycles. The Morgan fingerprint density at radius 3 is 2.53 bits per heavy atom. The molecule has 8 heteroatoms. The number of nitrogens with one attached hydrogen (secondary N) is 1. The van der Waals surface area contributed by atoms with Gasteiger partial charge in [-0.25, -0.2) is 0 Å². The second-order valence-corrected chi connectivity index (χ2v) is 7.52. The highest BCUT2D eigenvalue weighted by molar-refractivity contribution is 14.0. The number of para-hydroxylation sites is 1. The van der Waals surface area contributed by atoms with Gasteiger partial charge >= 0.3 is 0 Å². The normalized spacial score (nSPS) is 16.8. The minimum atomic E-state index is -0.0562. The third kappa shape index (κ3) is 5.68. The summed E-state index contributed by atoms with van der Waals surface area (Å²) < 4.78 is 11.2. The van der Waals surface area contributed by atoms with Crippen LogP contribution in [-0.4, -0.2) is 61.5 Å². The predicted octanol–water partition coefficient (Wildman–Crippen LogP) is 3.22. The van der Waals surface area contributed by atoms with E-state index >= 15 is 0 Å². The lowest BCUT2D eigenvalue weighted by Crippen LogP contribution is -2.53. The molecule has 0 radical (unpaired) electrons. The van der Waals surface area contributed by atoms with Gasteiger partial charge < -0.3 is 24.3 Å². The first kappa shape index (κ1) is 22.5. The van der Waals surface area contributed by atoms with Crippen molar-refractivity contribution in [3.05, 3.63) is 54.0 Å². The number of nitrogens with zero attached hydrogens (tertiary/aromatic N) is 3. The summed E-state index contributed by atoms with van der Waals surface area (Å²) in [5.74, 6) is 2.84. The Kier molecular flexibility index (Phi) is 8.01. The molecular formula is C22H29IN4O3. The zero-order chi connectivity index (χ0) is 20.1. The quantitative estimate of drug-likeness (QED) is 0.357. The topological polar surface area (TPSA) is 70.3 Å². The number of ether oxygens (including phenoxy) is 1. The molecule has 30 heavy (non-hydrogen) atoms. The third-order valence-corrected chi connectivity index (χ3v) is 5.39. The second kappa shape index (κ2) is 10.7. The van der Waals surface area contributed by atoms with Crippen LogP contribution in [0.1, 0.15) is 29.0 Å². The van der Waals surface area contributed by atoms with Gasteiger partial charge in [-0.3, -0.25) is 9.79 Å². The van der Waals surface area contributed by atoms with E-state index in [1.807, 2.05) is 23.1 Å². The molecule has 2 aromatic rings. The van der Waals surface area contributed by atoms with Crippen LogP contribution >= 0.6 is 24.0 Å². The second-order valence-electron chi connectivity index (χ2n) is 7.52. The molecular weight excluding hydrogens is 495 g/mol. The molecule has 1 aliphatic carbocycles. The molecule has 1 saturated carbocycles. The third-order valence-electron chi connectivity index (χ3n) is 5.39. The fraction of sp³-hybridized carbons (Fsp3) is 0.455. The zero-order valence-electron chi connectivity index (χ0n) is 17.3. The fourth-order valence-corrected chi connectivity index (χ4v) is 3.47. The Labute approximate surface area is 194 Å². The van der Waals surface area contributed by atoms with Crippen LogP contribution in [0.15, 0.2) is 52.1 Å². The first-order chi connectivity index (χ1) is 14.2. The van der Waals surface area contributed by atoms with Crippen LogP contribution in [0.5, 0.6) is 5.75 Å². The molecule has 1 aromatic heterocycles. The Morgan fingerprint density at radius 2 is 1.87 bits per heavy atom. The van der Waals surface area contributed by atoms with Gasteiger partial charge in [-0.2, -0.15) is 0 Å². The largest absolute Gasteiger partial charge is 0.493 e. The molecule has 2 heterocycles. The molecule has 0 spiro atoms. The van der Waals surface area contributed by atoms with Gasteiger partial charge in [0.05, 0.1) is 12.9 Å². The van der Waals surface area contributed by atoms with Crippen LogP contribution in [0.2, 0.25) is 0 Å². The van der Waals surface area contributed by atoms with Gasteiger partial charge in [0.15, 0.2) is 11.7 Å². The Morgan fingerprint density at radius 1 is 1.13 bits per heavy atom. The minimum absolute atomic E-state index is 0. The first-order valence-electron chi connectivity index (χ1n) is 10.2. The number of hydrogen-bond donors (Lipinski definition) is 1. The van der Waals surface area contributed by atoms with Crippen molar-refractivity contribution in [2.75, 3.05) is 39.8 Å². The first-order valence-corrected chi connectivity index (χ1v) is 10.2. The number of piperazine rings is 1. The van der Waals surface area contributed by atoms with Gasteiger partial charge in [-0.15, -0.1) is 24.0 Å². The number of carbonyl (C=O) groups excluding carboxylic acids is 1. The highest BCUT2D eigenvalue weighted by atomic mass is 127. The van der Waals surface area contributed by atoms with Gasteiger partial charge in [0.25, 0.3) is 5.91 Å². The SMILES string of the molecule is CN=C(NCc1ccccc1OCC1CC1)N1CCN(C(=O)c2ccco2)CC1.I. The van der Waals surface area contributed by atoms with E-state index in [1.54, 1.807) is 19.2 Å². The van der Waals surface area contributed by atoms with E-state index in [4.69, 9.17) is 9.15 Å². The maximum absolute atomic E-state index is 12.4. The summed E-state index contributed by atoms with van der Waals surface area (Å²) >= 11 is 0. The lowest BCUT2D eigenvalue weighted by Gasteiger charge is -2.36. The number of halogens is 1. The van der Waals surface area contributed by atoms with Crippen molar-refractivity contribution < 1.29 is 13.9 Å². The molecule has 4 rings (SSSR count). The van der Waals surface area contributed by atoms with E-state index in [9.17, 15) is 4.79 Å². The molecule has 2 aliphatic rings. The minimum Gasteiger partial charge on any atom is -0.493 e. The van der Waals surface area contributed by atoms with Crippen LogP contribution in [-0.2, 0) is 6.54 Å². The van der Waals surface area contributed by atoms with Gasteiger partial charge in [-0.1, -0.05) is 18.2 Å². The molecule has 2 fully saturated rings. The Hall–Kier alpha value is -2.23. The lowest BCUT2D eigenvalue weighted by molar-refractivity contribution is 0.0657. The average molecular weight is 524 g/mol. The number of guanidine groups is 1. The van der Waals surface area contributed by atoms with E-state index in [-0.39, 0.29) is 29.9 Å². The molecule has 7 nitrogen and oxygen atoms in total. The van der Waals surface area contributed by atoms with Crippen molar-refractivity contribution in [2.45, 2.75) is 19.4 Å². The van der Waals surface area contributed by atoms with E-state index in [2.05, 4.69) is 21.3 Å². The summed E-state index contributed by atoms with van der Waals surface area (Å²) in [4.78, 5) is 20.9. The van der Waals surface area contributed by atoms with Crippen molar-refractivity contribution >= 4 is 35.8 Å². The van der Waals surface area contributed by atoms with Crippen molar-refractivity contribution in [1.82, 2.24) is 15.1 Å². The summed E-state index contributed by atoms with van der Waals surface area (Å²) in [6.45, 7) is 4.19. The molecule has 1 aromatic carbocycles. The van der Waals surface area contributed by atoms with Crippen molar-refractivity contribution in [3.63, 3.8) is 0 Å². The number of aliphatic imine (C=N–C) groups is 1. The smallest absolute Gasteiger partial charge is 0.289 e. The monoisotopic (exact) mass is 524 g/mol. The average Bonchev–Trinajstić information content (AvgIpc) is 3.44. The van der Waals surface area contributed by atoms with E-state index in [0.29, 0.717) is 25.4 Å². The number of rotatable bonds is 6. The van der Waals surface area contributed by atoms with Crippen molar-refractivity contribution in [3.8, 4) is 5.75 Å². The number of amides is 1. The van der Waals surface area contributed by atoms with Crippen LogP contribution in [0.25, 0.3) is 0 Å². The predicted molar refractivity (Wildman–Crippen MR) is 126 cm³/mol. The maximum atomic E-state index is 12.4. The zero-order valence-corrected chi connectivity index (χ0v) is 19.6. The molecule has 0 atom stereocenters. The number of carbonyl (C=O) groups is 1. The maximum Gasteiger partial charge on any atom is 0.289 e. The Bertz CT molecular complexity index is 844. The summed E-state index contributed by atoms with van der Waals surface area (Å²) in [5.41, 5.74) is 1.13. The summed E-state index contributed by atoms with van der Waals surface area (Å²) in [6.07, 6.45) is 4.09. The summed E-state index contributed by atoms with van der Waals surface area (Å²) in [6, 6.07) is 11.6. The number of hydrogen-bond acceptors (Lipinski definition) is 4. The van der Waals surface area contributed by atoms with Gasteiger partial charge in [0.2, 0.25) is 0 Å². The summed E-state index contributed by atoms with van der Waals surface area (Å²) in [5, 5.41) is 3.44. The fourth-order valence-electron chi connectivity index (χ4n) is 3.47. The molecule has 1 amide bonds. The van der Waals surface area contributed by atoms with Gasteiger partial charge in [0.1, 0.15) is 5.75 Å². The van der Waals surface area contributed by atoms with Crippen LogP contribution in [0.4, 0.5) is 0 Å². The standard InChI is InChI=1S/C22H28N4O3.HI/c1-23-22(24-15-18-5-2-3-6-19(18)29-16-17-8-9-17)26-12-10-25(11-13-26)21(27)20-7-4-14-28-20;/h2-7,14,17H,8-13,15-16H2,1H3,(H,23,24);1H. The molecule has 0 unspecified atom stereocenters. The number of furan rings is 1. The van der Waals surface area contributed by atoms with Crippen LogP contribution in [0, 0.1) is 5.92 Å². The molecule has 1 N–H and O–H groups in total. The highest BCUT2D eigenvalue weighted by Crippen LogP contribution is 2.30. The van der Waals surface area contributed by atoms with Crippen molar-refractivity contribution in [1.29, 1.82) is 0 Å². The van der Waals surface area contributed by atoms with Crippen LogP contribution in [0.3, 0.4) is 0 Å². The lowest BCUT2D eigenvalue weighted by atomic mass is 10.2. The van der Waals surface area contributed by atoms with E-state index < -0.39 is 0 Å². The summed E-state index contributed by atoms with van der Waals surface area (Å²) in [7, 11) is 1.79. The van der Waals surface area contributed by atoms with E-state index in [0.717, 1.165) is 42.9 Å². The molecule has 162 valence electrons. The molecule has 1 aliphatic heterocycles. The molecule has 0 bridgehead atoms. The van der Waals surface area contributed by atoms with Crippen molar-refractivity contribution in [2.24, 2.45) is 10.9 Å². The highest BCUT2D eigenvalue weighted by Gasteiger charge is 2.25. The Balaban J connectivity index is 0.00000256.